The number of rotatable bonds is 2. The van der Waals surface area contributed by atoms with Crippen LogP contribution in [0.5, 0.6) is 0 Å². The van der Waals surface area contributed by atoms with Gasteiger partial charge in [-0.25, -0.2) is 9.18 Å². The molecule has 0 heterocycles. The van der Waals surface area contributed by atoms with Gasteiger partial charge in [0, 0.05) is 5.56 Å². The zero-order valence-corrected chi connectivity index (χ0v) is 11.8. The lowest BCUT2D eigenvalue weighted by atomic mass is 9.86. The molecule has 0 fully saturated rings. The van der Waals surface area contributed by atoms with Gasteiger partial charge in [-0.3, -0.25) is 0 Å². The van der Waals surface area contributed by atoms with Crippen molar-refractivity contribution < 1.29 is 14.3 Å². The maximum absolute atomic E-state index is 13.9. The Bertz CT molecular complexity index is 637. The Morgan fingerprint density at radius 3 is 2.15 bits per heavy atom. The van der Waals surface area contributed by atoms with Crippen LogP contribution < -0.4 is 0 Å². The van der Waals surface area contributed by atoms with Gasteiger partial charge in [0.05, 0.1) is 5.56 Å². The molecule has 0 bridgehead atoms. The van der Waals surface area contributed by atoms with Crippen molar-refractivity contribution in [2.24, 2.45) is 0 Å². The van der Waals surface area contributed by atoms with E-state index in [0.717, 1.165) is 5.56 Å². The standard InChI is InChI=1S/C17H17FO2/c1-17(2,3)13-7-4-11(5-8-13)14-10-12(16(19)20)6-9-15(14)18/h4-10H,1-3H3,(H,19,20). The molecule has 0 aliphatic rings. The van der Waals surface area contributed by atoms with Crippen molar-refractivity contribution in [1.29, 1.82) is 0 Å². The molecular formula is C17H17FO2. The van der Waals surface area contributed by atoms with Gasteiger partial charge in [-0.15, -0.1) is 0 Å². The minimum Gasteiger partial charge on any atom is -0.478 e. The van der Waals surface area contributed by atoms with Crippen LogP contribution in [-0.4, -0.2) is 11.1 Å². The molecule has 0 saturated carbocycles. The first-order valence-corrected chi connectivity index (χ1v) is 6.43. The maximum atomic E-state index is 13.9. The highest BCUT2D eigenvalue weighted by Gasteiger charge is 2.14. The Morgan fingerprint density at radius 2 is 1.65 bits per heavy atom. The van der Waals surface area contributed by atoms with Crippen LogP contribution in [0.25, 0.3) is 11.1 Å². The van der Waals surface area contributed by atoms with Gasteiger partial charge in [-0.1, -0.05) is 45.0 Å². The highest BCUT2D eigenvalue weighted by atomic mass is 19.1. The third kappa shape index (κ3) is 2.87. The summed E-state index contributed by atoms with van der Waals surface area (Å²) in [7, 11) is 0. The average Bonchev–Trinajstić information content (AvgIpc) is 2.38. The van der Waals surface area contributed by atoms with E-state index >= 15 is 0 Å². The minimum atomic E-state index is -1.06. The summed E-state index contributed by atoms with van der Waals surface area (Å²) in [6, 6.07) is 11.4. The smallest absolute Gasteiger partial charge is 0.335 e. The molecule has 2 aromatic rings. The second-order valence-corrected chi connectivity index (χ2v) is 5.83. The molecular weight excluding hydrogens is 255 g/mol. The maximum Gasteiger partial charge on any atom is 0.335 e. The van der Waals surface area contributed by atoms with Gasteiger partial charge in [0.15, 0.2) is 0 Å². The Hall–Kier alpha value is -2.16. The lowest BCUT2D eigenvalue weighted by Crippen LogP contribution is -2.10. The summed E-state index contributed by atoms with van der Waals surface area (Å²) in [6.07, 6.45) is 0. The van der Waals surface area contributed by atoms with Crippen LogP contribution in [0.4, 0.5) is 4.39 Å². The number of hydrogen-bond donors (Lipinski definition) is 1. The van der Waals surface area contributed by atoms with E-state index in [2.05, 4.69) is 20.8 Å². The molecule has 1 N–H and O–H groups in total. The summed E-state index contributed by atoms with van der Waals surface area (Å²) in [6.45, 7) is 6.31. The van der Waals surface area contributed by atoms with Crippen LogP contribution in [-0.2, 0) is 5.41 Å². The molecule has 0 aliphatic heterocycles. The van der Waals surface area contributed by atoms with E-state index in [1.54, 1.807) is 0 Å². The quantitative estimate of drug-likeness (QED) is 0.874. The van der Waals surface area contributed by atoms with Crippen molar-refractivity contribution in [3.63, 3.8) is 0 Å². The fourth-order valence-corrected chi connectivity index (χ4v) is 2.03. The van der Waals surface area contributed by atoms with Crippen LogP contribution in [0.2, 0.25) is 0 Å². The van der Waals surface area contributed by atoms with Gasteiger partial charge in [-0.2, -0.15) is 0 Å². The topological polar surface area (TPSA) is 37.3 Å². The normalized spacial score (nSPS) is 11.4. The molecule has 3 heteroatoms. The first kappa shape index (κ1) is 14.3. The van der Waals surface area contributed by atoms with E-state index in [1.165, 1.54) is 18.2 Å². The Morgan fingerprint density at radius 1 is 1.05 bits per heavy atom. The summed E-state index contributed by atoms with van der Waals surface area (Å²) >= 11 is 0. The van der Waals surface area contributed by atoms with Crippen LogP contribution in [0.1, 0.15) is 36.7 Å². The van der Waals surface area contributed by atoms with Crippen molar-refractivity contribution in [2.75, 3.05) is 0 Å². The number of halogens is 1. The average molecular weight is 272 g/mol. The van der Waals surface area contributed by atoms with Crippen molar-refractivity contribution >= 4 is 5.97 Å². The summed E-state index contributed by atoms with van der Waals surface area (Å²) in [5.74, 6) is -1.48. The summed E-state index contributed by atoms with van der Waals surface area (Å²) in [4.78, 5) is 11.0. The molecule has 0 radical (unpaired) electrons. The first-order chi connectivity index (χ1) is 9.29. The van der Waals surface area contributed by atoms with Gasteiger partial charge in [0.1, 0.15) is 5.82 Å². The Labute approximate surface area is 117 Å². The Balaban J connectivity index is 2.46. The van der Waals surface area contributed by atoms with Crippen LogP contribution in [0.3, 0.4) is 0 Å². The molecule has 0 saturated heterocycles. The Kier molecular flexibility index (Phi) is 3.62. The largest absolute Gasteiger partial charge is 0.478 e. The summed E-state index contributed by atoms with van der Waals surface area (Å²) < 4.78 is 13.9. The van der Waals surface area contributed by atoms with Gasteiger partial charge >= 0.3 is 5.97 Å². The predicted octanol–water partition coefficient (Wildman–Crippen LogP) is 4.49. The van der Waals surface area contributed by atoms with Gasteiger partial charge < -0.3 is 5.11 Å². The predicted molar refractivity (Wildman–Crippen MR) is 77.5 cm³/mol. The van der Waals surface area contributed by atoms with Crippen molar-refractivity contribution in [3.05, 3.63) is 59.4 Å². The monoisotopic (exact) mass is 272 g/mol. The van der Waals surface area contributed by atoms with Gasteiger partial charge in [0.25, 0.3) is 0 Å². The molecule has 0 amide bonds. The zero-order valence-electron chi connectivity index (χ0n) is 11.8. The summed E-state index contributed by atoms with van der Waals surface area (Å²) in [5, 5.41) is 8.98. The van der Waals surface area contributed by atoms with Gasteiger partial charge in [0.2, 0.25) is 0 Å². The molecule has 20 heavy (non-hydrogen) atoms. The van der Waals surface area contributed by atoms with E-state index in [-0.39, 0.29) is 11.0 Å². The number of carboxylic acid groups (broad SMARTS) is 1. The SMILES string of the molecule is CC(C)(C)c1ccc(-c2cc(C(=O)O)ccc2F)cc1. The van der Waals surface area contributed by atoms with E-state index in [0.29, 0.717) is 11.1 Å². The first-order valence-electron chi connectivity index (χ1n) is 6.43. The zero-order chi connectivity index (χ0) is 14.9. The van der Waals surface area contributed by atoms with Crippen LogP contribution >= 0.6 is 0 Å². The summed E-state index contributed by atoms with van der Waals surface area (Å²) in [5.41, 5.74) is 2.25. The number of hydrogen-bond acceptors (Lipinski definition) is 1. The lowest BCUT2D eigenvalue weighted by molar-refractivity contribution is 0.0697. The molecule has 0 spiro atoms. The van der Waals surface area contributed by atoms with Crippen molar-refractivity contribution in [3.8, 4) is 11.1 Å². The van der Waals surface area contributed by atoms with E-state index in [1.807, 2.05) is 24.3 Å². The number of carbonyl (C=O) groups is 1. The van der Waals surface area contributed by atoms with Crippen LogP contribution in [0, 0.1) is 5.82 Å². The highest BCUT2D eigenvalue weighted by Crippen LogP contribution is 2.28. The third-order valence-corrected chi connectivity index (χ3v) is 3.28. The number of carboxylic acids is 1. The lowest BCUT2D eigenvalue weighted by Gasteiger charge is -2.19. The molecule has 0 atom stereocenters. The van der Waals surface area contributed by atoms with Crippen molar-refractivity contribution in [2.45, 2.75) is 26.2 Å². The molecule has 104 valence electrons. The van der Waals surface area contributed by atoms with Crippen molar-refractivity contribution in [1.82, 2.24) is 0 Å². The minimum absolute atomic E-state index is 0.0278. The number of benzene rings is 2. The molecule has 2 rings (SSSR count). The van der Waals surface area contributed by atoms with E-state index < -0.39 is 11.8 Å². The van der Waals surface area contributed by atoms with Crippen LogP contribution in [0.15, 0.2) is 42.5 Å². The van der Waals surface area contributed by atoms with E-state index in [4.69, 9.17) is 5.11 Å². The molecule has 2 nitrogen and oxygen atoms in total. The molecule has 0 aliphatic carbocycles. The van der Waals surface area contributed by atoms with E-state index in [9.17, 15) is 9.18 Å². The second-order valence-electron chi connectivity index (χ2n) is 5.83. The fourth-order valence-electron chi connectivity index (χ4n) is 2.03. The second kappa shape index (κ2) is 5.08. The number of aromatic carboxylic acids is 1. The molecule has 0 unspecified atom stereocenters. The molecule has 2 aromatic carbocycles. The fraction of sp³-hybridized carbons (Fsp3) is 0.235. The third-order valence-electron chi connectivity index (χ3n) is 3.28. The molecule has 0 aromatic heterocycles. The van der Waals surface area contributed by atoms with Gasteiger partial charge in [-0.05, 0) is 34.7 Å². The highest BCUT2D eigenvalue weighted by molar-refractivity contribution is 5.89.